The largest absolute Gasteiger partial charge is 0.358 e. The Balaban J connectivity index is 1.45. The van der Waals surface area contributed by atoms with Crippen LogP contribution in [0.4, 0.5) is 0 Å². The first-order valence-electron chi connectivity index (χ1n) is 8.44. The summed E-state index contributed by atoms with van der Waals surface area (Å²) in [6, 6.07) is 10.6. The Morgan fingerprint density at radius 1 is 1.17 bits per heavy atom. The molecule has 0 bridgehead atoms. The highest BCUT2D eigenvalue weighted by atomic mass is 32.2. The molecule has 0 atom stereocenters. The molecule has 5 heteroatoms. The van der Waals surface area contributed by atoms with Crippen molar-refractivity contribution in [3.05, 3.63) is 35.9 Å². The van der Waals surface area contributed by atoms with E-state index in [1.54, 1.807) is 0 Å². The van der Waals surface area contributed by atoms with Crippen molar-refractivity contribution in [1.82, 2.24) is 10.2 Å². The highest BCUT2D eigenvalue weighted by Crippen LogP contribution is 2.43. The third kappa shape index (κ3) is 4.07. The number of amides is 1. The van der Waals surface area contributed by atoms with E-state index in [-0.39, 0.29) is 11.3 Å². The Morgan fingerprint density at radius 3 is 2.48 bits per heavy atom. The SMILES string of the molecule is O=C(CSC(=S)N1CCCC1)NCC1(c2ccccc2)CCC1. The lowest BCUT2D eigenvalue weighted by atomic mass is 9.64. The molecule has 0 radical (unpaired) electrons. The van der Waals surface area contributed by atoms with Gasteiger partial charge in [0.1, 0.15) is 4.32 Å². The van der Waals surface area contributed by atoms with Crippen LogP contribution in [0.15, 0.2) is 30.3 Å². The summed E-state index contributed by atoms with van der Waals surface area (Å²) in [4.78, 5) is 14.4. The van der Waals surface area contributed by atoms with Gasteiger partial charge >= 0.3 is 0 Å². The van der Waals surface area contributed by atoms with Crippen molar-refractivity contribution < 1.29 is 4.79 Å². The number of likely N-dealkylation sites (tertiary alicyclic amines) is 1. The van der Waals surface area contributed by atoms with Crippen molar-refractivity contribution in [2.75, 3.05) is 25.4 Å². The van der Waals surface area contributed by atoms with Crippen LogP contribution in [0.5, 0.6) is 0 Å². The predicted octanol–water partition coefficient (Wildman–Crippen LogP) is 3.34. The van der Waals surface area contributed by atoms with Crippen LogP contribution in [0.2, 0.25) is 0 Å². The second kappa shape index (κ2) is 7.67. The smallest absolute Gasteiger partial charge is 0.230 e. The van der Waals surface area contributed by atoms with Gasteiger partial charge in [-0.05, 0) is 31.2 Å². The number of hydrogen-bond donors (Lipinski definition) is 1. The lowest BCUT2D eigenvalue weighted by molar-refractivity contribution is -0.119. The Bertz CT molecular complexity index is 551. The fourth-order valence-electron chi connectivity index (χ4n) is 3.40. The third-order valence-electron chi connectivity index (χ3n) is 5.01. The molecule has 1 heterocycles. The summed E-state index contributed by atoms with van der Waals surface area (Å²) >= 11 is 6.91. The Morgan fingerprint density at radius 2 is 1.87 bits per heavy atom. The maximum atomic E-state index is 12.2. The quantitative estimate of drug-likeness (QED) is 0.827. The van der Waals surface area contributed by atoms with Crippen LogP contribution in [0.25, 0.3) is 0 Å². The Hall–Kier alpha value is -1.07. The molecule has 0 aromatic heterocycles. The molecule has 3 rings (SSSR count). The van der Waals surface area contributed by atoms with E-state index in [9.17, 15) is 4.79 Å². The standard InChI is InChI=1S/C18H24N2OS2/c21-16(13-23-17(22)20-11-4-5-12-20)19-14-18(9-6-10-18)15-7-2-1-3-8-15/h1-3,7-8H,4-6,9-14H2,(H,19,21). The van der Waals surface area contributed by atoms with E-state index in [0.29, 0.717) is 5.75 Å². The van der Waals surface area contributed by atoms with Gasteiger partial charge in [-0.3, -0.25) is 4.79 Å². The van der Waals surface area contributed by atoms with E-state index >= 15 is 0 Å². The third-order valence-corrected chi connectivity index (χ3v) is 6.54. The van der Waals surface area contributed by atoms with Crippen LogP contribution in [-0.4, -0.2) is 40.5 Å². The van der Waals surface area contributed by atoms with E-state index < -0.39 is 0 Å². The normalized spacial score (nSPS) is 19.2. The fourth-order valence-corrected chi connectivity index (χ4v) is 4.48. The van der Waals surface area contributed by atoms with Gasteiger partial charge in [-0.25, -0.2) is 0 Å². The zero-order chi connectivity index (χ0) is 16.1. The van der Waals surface area contributed by atoms with Gasteiger partial charge in [0, 0.05) is 25.0 Å². The number of carbonyl (C=O) groups excluding carboxylic acids is 1. The second-order valence-electron chi connectivity index (χ2n) is 6.53. The van der Waals surface area contributed by atoms with Gasteiger partial charge in [-0.1, -0.05) is 60.7 Å². The summed E-state index contributed by atoms with van der Waals surface area (Å²) in [5.41, 5.74) is 1.50. The van der Waals surface area contributed by atoms with Crippen molar-refractivity contribution in [2.24, 2.45) is 0 Å². The van der Waals surface area contributed by atoms with Crippen LogP contribution < -0.4 is 5.32 Å². The molecule has 0 unspecified atom stereocenters. The molecule has 23 heavy (non-hydrogen) atoms. The molecular weight excluding hydrogens is 324 g/mol. The molecule has 1 aliphatic carbocycles. The molecule has 1 amide bonds. The number of nitrogens with one attached hydrogen (secondary N) is 1. The first-order chi connectivity index (χ1) is 11.2. The molecule has 0 spiro atoms. The number of nitrogens with zero attached hydrogens (tertiary/aromatic N) is 1. The maximum Gasteiger partial charge on any atom is 0.230 e. The van der Waals surface area contributed by atoms with Gasteiger partial charge in [-0.15, -0.1) is 0 Å². The number of thioether (sulfide) groups is 1. The molecule has 2 aliphatic rings. The average Bonchev–Trinajstić information content (AvgIpc) is 3.07. The van der Waals surface area contributed by atoms with Crippen molar-refractivity contribution >= 4 is 34.2 Å². The predicted molar refractivity (Wildman–Crippen MR) is 101 cm³/mol. The first-order valence-corrected chi connectivity index (χ1v) is 9.83. The average molecular weight is 349 g/mol. The molecular formula is C18H24N2OS2. The molecule has 1 saturated carbocycles. The fraction of sp³-hybridized carbons (Fsp3) is 0.556. The maximum absolute atomic E-state index is 12.2. The minimum Gasteiger partial charge on any atom is -0.358 e. The van der Waals surface area contributed by atoms with Gasteiger partial charge in [0.25, 0.3) is 0 Å². The summed E-state index contributed by atoms with van der Waals surface area (Å²) < 4.78 is 0.874. The number of rotatable bonds is 5. The molecule has 1 aliphatic heterocycles. The van der Waals surface area contributed by atoms with Crippen LogP contribution in [-0.2, 0) is 10.2 Å². The first kappa shape index (κ1) is 16.8. The van der Waals surface area contributed by atoms with E-state index in [2.05, 4.69) is 34.5 Å². The van der Waals surface area contributed by atoms with Crippen molar-refractivity contribution in [2.45, 2.75) is 37.5 Å². The van der Waals surface area contributed by atoms with E-state index in [0.717, 1.165) is 36.8 Å². The zero-order valence-electron chi connectivity index (χ0n) is 13.4. The Kier molecular flexibility index (Phi) is 5.59. The minimum absolute atomic E-state index is 0.0961. The number of thiocarbonyl (C=S) groups is 1. The minimum atomic E-state index is 0.0961. The van der Waals surface area contributed by atoms with Crippen LogP contribution in [0.3, 0.4) is 0 Å². The monoisotopic (exact) mass is 348 g/mol. The van der Waals surface area contributed by atoms with Gasteiger partial charge in [0.2, 0.25) is 5.91 Å². The highest BCUT2D eigenvalue weighted by molar-refractivity contribution is 8.23. The van der Waals surface area contributed by atoms with E-state index in [4.69, 9.17) is 12.2 Å². The summed E-state index contributed by atoms with van der Waals surface area (Å²) in [5.74, 6) is 0.527. The van der Waals surface area contributed by atoms with Crippen molar-refractivity contribution in [3.8, 4) is 0 Å². The highest BCUT2D eigenvalue weighted by Gasteiger charge is 2.38. The molecule has 3 nitrogen and oxygen atoms in total. The lowest BCUT2D eigenvalue weighted by Crippen LogP contribution is -2.46. The summed E-state index contributed by atoms with van der Waals surface area (Å²) in [6.07, 6.45) is 6.00. The number of benzene rings is 1. The van der Waals surface area contributed by atoms with Gasteiger partial charge < -0.3 is 10.2 Å². The lowest BCUT2D eigenvalue weighted by Gasteiger charge is -2.42. The number of hydrogen-bond acceptors (Lipinski definition) is 3. The topological polar surface area (TPSA) is 32.3 Å². The van der Waals surface area contributed by atoms with Gasteiger partial charge in [0.15, 0.2) is 0 Å². The summed E-state index contributed by atoms with van der Waals surface area (Å²) in [6.45, 7) is 2.84. The Labute approximate surface area is 148 Å². The molecule has 1 saturated heterocycles. The van der Waals surface area contributed by atoms with Crippen LogP contribution in [0, 0.1) is 0 Å². The molecule has 1 N–H and O–H groups in total. The van der Waals surface area contributed by atoms with Gasteiger partial charge in [-0.2, -0.15) is 0 Å². The van der Waals surface area contributed by atoms with Gasteiger partial charge in [0.05, 0.1) is 5.75 Å². The molecule has 1 aromatic carbocycles. The zero-order valence-corrected chi connectivity index (χ0v) is 15.1. The van der Waals surface area contributed by atoms with Crippen molar-refractivity contribution in [3.63, 3.8) is 0 Å². The van der Waals surface area contributed by atoms with E-state index in [1.807, 2.05) is 6.07 Å². The second-order valence-corrected chi connectivity index (χ2v) is 8.13. The number of carbonyl (C=O) groups is 1. The summed E-state index contributed by atoms with van der Waals surface area (Å²) in [7, 11) is 0. The summed E-state index contributed by atoms with van der Waals surface area (Å²) in [5, 5.41) is 3.13. The van der Waals surface area contributed by atoms with E-state index in [1.165, 1.54) is 36.6 Å². The van der Waals surface area contributed by atoms with Crippen LogP contribution in [0.1, 0.15) is 37.7 Å². The van der Waals surface area contributed by atoms with Crippen molar-refractivity contribution in [1.29, 1.82) is 0 Å². The van der Waals surface area contributed by atoms with Crippen LogP contribution >= 0.6 is 24.0 Å². The molecule has 1 aromatic rings. The molecule has 124 valence electrons. The molecule has 2 fully saturated rings.